The van der Waals surface area contributed by atoms with Gasteiger partial charge in [-0.2, -0.15) is 0 Å². The van der Waals surface area contributed by atoms with Gasteiger partial charge in [0.25, 0.3) is 0 Å². The minimum absolute atomic E-state index is 0.385. The molecule has 76 valence electrons. The van der Waals surface area contributed by atoms with Gasteiger partial charge in [0, 0.05) is 0 Å². The zero-order valence-electron chi connectivity index (χ0n) is 7.27. The van der Waals surface area contributed by atoms with E-state index < -0.39 is 21.2 Å². The topological polar surface area (TPSA) is 75.6 Å². The number of hydrogen-bond acceptors (Lipinski definition) is 3. The SMILES string of the molecule is O=C(CO[AsH](=O)O)Nc1ccccc1. The number of benzene rings is 1. The van der Waals surface area contributed by atoms with Gasteiger partial charge in [0.05, 0.1) is 0 Å². The van der Waals surface area contributed by atoms with Gasteiger partial charge in [-0.1, -0.05) is 0 Å². The van der Waals surface area contributed by atoms with Crippen LogP contribution in [0.5, 0.6) is 0 Å². The summed E-state index contributed by atoms with van der Waals surface area (Å²) in [6.07, 6.45) is 0. The maximum atomic E-state index is 11.1. The van der Waals surface area contributed by atoms with Crippen LogP contribution in [-0.4, -0.2) is 31.9 Å². The maximum absolute atomic E-state index is 11.1. The Balaban J connectivity index is 2.38. The first-order chi connectivity index (χ1) is 6.68. The van der Waals surface area contributed by atoms with Crippen molar-refractivity contribution in [1.29, 1.82) is 0 Å². The molecule has 1 atom stereocenters. The van der Waals surface area contributed by atoms with Gasteiger partial charge in [-0.15, -0.1) is 0 Å². The van der Waals surface area contributed by atoms with Crippen molar-refractivity contribution in [3.63, 3.8) is 0 Å². The van der Waals surface area contributed by atoms with Crippen LogP contribution in [0.3, 0.4) is 0 Å². The summed E-state index contributed by atoms with van der Waals surface area (Å²) in [7, 11) is 0. The van der Waals surface area contributed by atoms with Crippen LogP contribution in [0, 0.1) is 0 Å². The normalized spacial score (nSPS) is 12.1. The molecule has 0 aliphatic rings. The predicted octanol–water partition coefficient (Wildman–Crippen LogP) is -0.218. The van der Waals surface area contributed by atoms with E-state index in [0.29, 0.717) is 5.69 Å². The van der Waals surface area contributed by atoms with Crippen LogP contribution >= 0.6 is 0 Å². The number of hydrogen-bond donors (Lipinski definition) is 2. The summed E-state index contributed by atoms with van der Waals surface area (Å²) < 4.78 is 22.9. The van der Waals surface area contributed by atoms with Gasteiger partial charge in [0.1, 0.15) is 0 Å². The van der Waals surface area contributed by atoms with Crippen molar-refractivity contribution in [3.05, 3.63) is 30.3 Å². The average molecular weight is 259 g/mol. The monoisotopic (exact) mass is 259 g/mol. The van der Waals surface area contributed by atoms with E-state index in [9.17, 15) is 8.53 Å². The van der Waals surface area contributed by atoms with Gasteiger partial charge < -0.3 is 0 Å². The van der Waals surface area contributed by atoms with Crippen LogP contribution in [0.15, 0.2) is 30.3 Å². The van der Waals surface area contributed by atoms with Crippen LogP contribution in [-0.2, 0) is 12.3 Å². The third-order valence-corrected chi connectivity index (χ3v) is 2.21. The summed E-state index contributed by atoms with van der Waals surface area (Å²) in [4.78, 5) is 11.1. The van der Waals surface area contributed by atoms with Crippen molar-refractivity contribution >= 4 is 26.9 Å². The van der Waals surface area contributed by atoms with E-state index in [0.717, 1.165) is 0 Å². The van der Waals surface area contributed by atoms with Crippen molar-refractivity contribution in [2.24, 2.45) is 0 Å². The Labute approximate surface area is 85.9 Å². The van der Waals surface area contributed by atoms with Gasteiger partial charge >= 0.3 is 85.5 Å². The molecule has 2 N–H and O–H groups in total. The average Bonchev–Trinajstić information content (AvgIpc) is 2.16. The van der Waals surface area contributed by atoms with Gasteiger partial charge in [0.15, 0.2) is 0 Å². The Morgan fingerprint density at radius 3 is 2.64 bits per heavy atom. The van der Waals surface area contributed by atoms with Crippen molar-refractivity contribution in [3.8, 4) is 0 Å². The van der Waals surface area contributed by atoms with Crippen molar-refractivity contribution in [2.75, 3.05) is 11.9 Å². The fraction of sp³-hybridized carbons (Fsp3) is 0.125. The quantitative estimate of drug-likeness (QED) is 0.733. The van der Waals surface area contributed by atoms with Crippen LogP contribution in [0.2, 0.25) is 0 Å². The van der Waals surface area contributed by atoms with E-state index in [2.05, 4.69) is 9.04 Å². The van der Waals surface area contributed by atoms with Gasteiger partial charge in [-0.25, -0.2) is 0 Å². The van der Waals surface area contributed by atoms with Crippen LogP contribution < -0.4 is 5.32 Å². The molecule has 0 saturated carbocycles. The number of amides is 1. The third kappa shape index (κ3) is 4.27. The Morgan fingerprint density at radius 2 is 2.07 bits per heavy atom. The van der Waals surface area contributed by atoms with Gasteiger partial charge in [-0.05, 0) is 0 Å². The minimum atomic E-state index is -3.58. The first-order valence-corrected chi connectivity index (χ1v) is 6.54. The molecule has 0 aliphatic heterocycles. The molecule has 0 saturated heterocycles. The molecular formula is C8H10AsNO4. The first kappa shape index (κ1) is 11.0. The molecule has 0 aromatic heterocycles. The second-order valence-electron chi connectivity index (χ2n) is 2.47. The molecule has 14 heavy (non-hydrogen) atoms. The fourth-order valence-corrected chi connectivity index (χ4v) is 1.38. The molecule has 0 spiro atoms. The number of para-hydroxylation sites is 1. The summed E-state index contributed by atoms with van der Waals surface area (Å²) in [5, 5.41) is 2.51. The molecular weight excluding hydrogens is 249 g/mol. The van der Waals surface area contributed by atoms with Crippen molar-refractivity contribution in [2.45, 2.75) is 0 Å². The number of carbonyl (C=O) groups excluding carboxylic acids is 1. The van der Waals surface area contributed by atoms with Crippen molar-refractivity contribution < 1.29 is 16.4 Å². The van der Waals surface area contributed by atoms with Crippen LogP contribution in [0.4, 0.5) is 5.69 Å². The standard InChI is InChI=1S/C8H10AsNO4/c11-8(6-14-9(12)13)10-7-4-2-1-3-5-7/h1-5,9H,6H2,(H,10,11)(H,12,13). The van der Waals surface area contributed by atoms with E-state index in [1.165, 1.54) is 0 Å². The van der Waals surface area contributed by atoms with E-state index >= 15 is 0 Å². The van der Waals surface area contributed by atoms with E-state index in [-0.39, 0.29) is 6.61 Å². The zero-order chi connectivity index (χ0) is 10.4. The number of rotatable bonds is 4. The molecule has 1 amide bonds. The molecule has 1 aromatic rings. The Bertz CT molecular complexity index is 327. The fourth-order valence-electron chi connectivity index (χ4n) is 0.846. The molecule has 1 unspecified atom stereocenters. The number of nitrogens with one attached hydrogen (secondary N) is 1. The Kier molecular flexibility index (Phi) is 4.46. The summed E-state index contributed by atoms with van der Waals surface area (Å²) in [5.41, 5.74) is 0.631. The summed E-state index contributed by atoms with van der Waals surface area (Å²) in [5.74, 6) is -0.439. The molecule has 1 rings (SSSR count). The molecule has 0 radical (unpaired) electrons. The summed E-state index contributed by atoms with van der Waals surface area (Å²) in [6.45, 7) is -0.385. The van der Waals surface area contributed by atoms with E-state index in [1.54, 1.807) is 24.3 Å². The summed E-state index contributed by atoms with van der Waals surface area (Å²) in [6, 6.07) is 8.79. The second-order valence-corrected chi connectivity index (χ2v) is 4.19. The van der Waals surface area contributed by atoms with Gasteiger partial charge in [0.2, 0.25) is 0 Å². The van der Waals surface area contributed by atoms with E-state index in [1.807, 2.05) is 6.07 Å². The van der Waals surface area contributed by atoms with Crippen molar-refractivity contribution in [1.82, 2.24) is 0 Å². The molecule has 6 heteroatoms. The molecule has 0 fully saturated rings. The number of anilines is 1. The first-order valence-electron chi connectivity index (χ1n) is 3.89. The van der Waals surface area contributed by atoms with Gasteiger partial charge in [-0.3, -0.25) is 0 Å². The van der Waals surface area contributed by atoms with E-state index in [4.69, 9.17) is 4.10 Å². The predicted molar refractivity (Wildman–Crippen MR) is 51.1 cm³/mol. The molecule has 5 nitrogen and oxygen atoms in total. The van der Waals surface area contributed by atoms with Crippen LogP contribution in [0.1, 0.15) is 0 Å². The Morgan fingerprint density at radius 1 is 1.43 bits per heavy atom. The molecule has 0 heterocycles. The number of carbonyl (C=O) groups is 1. The zero-order valence-corrected chi connectivity index (χ0v) is 9.36. The third-order valence-electron chi connectivity index (χ3n) is 1.38. The second kappa shape index (κ2) is 5.65. The molecule has 0 bridgehead atoms. The van der Waals surface area contributed by atoms with Crippen LogP contribution in [0.25, 0.3) is 0 Å². The molecule has 1 aromatic carbocycles. The Hall–Kier alpha value is -1.03. The summed E-state index contributed by atoms with van der Waals surface area (Å²) >= 11 is -3.58. The molecule has 0 aliphatic carbocycles.